The normalized spacial score (nSPS) is 18.0. The standard InChI is InChI=1S/C13H28N2O/c1-3-4-5-13(14)10-15(2)8-9-16-11-12-6-7-12/h12-13H,3-11,14H2,1-2H3. The zero-order valence-electron chi connectivity index (χ0n) is 11.0. The van der Waals surface area contributed by atoms with Gasteiger partial charge in [0.05, 0.1) is 6.61 Å². The molecule has 1 rings (SSSR count). The lowest BCUT2D eigenvalue weighted by molar-refractivity contribution is 0.102. The van der Waals surface area contributed by atoms with Gasteiger partial charge in [-0.2, -0.15) is 0 Å². The summed E-state index contributed by atoms with van der Waals surface area (Å²) < 4.78 is 5.61. The van der Waals surface area contributed by atoms with E-state index in [4.69, 9.17) is 10.5 Å². The second-order valence-corrected chi connectivity index (χ2v) is 5.18. The van der Waals surface area contributed by atoms with Crippen LogP contribution in [0.4, 0.5) is 0 Å². The van der Waals surface area contributed by atoms with Gasteiger partial charge in [0.25, 0.3) is 0 Å². The minimum Gasteiger partial charge on any atom is -0.380 e. The fraction of sp³-hybridized carbons (Fsp3) is 1.00. The molecule has 0 radical (unpaired) electrons. The summed E-state index contributed by atoms with van der Waals surface area (Å²) in [5, 5.41) is 0. The van der Waals surface area contributed by atoms with Crippen molar-refractivity contribution in [2.75, 3.05) is 33.4 Å². The van der Waals surface area contributed by atoms with Gasteiger partial charge in [-0.05, 0) is 32.2 Å². The van der Waals surface area contributed by atoms with Gasteiger partial charge in [-0.15, -0.1) is 0 Å². The van der Waals surface area contributed by atoms with E-state index >= 15 is 0 Å². The predicted octanol–water partition coefficient (Wildman–Crippen LogP) is 1.86. The van der Waals surface area contributed by atoms with E-state index in [0.717, 1.165) is 38.6 Å². The van der Waals surface area contributed by atoms with Crippen LogP contribution in [-0.4, -0.2) is 44.3 Å². The smallest absolute Gasteiger partial charge is 0.0593 e. The first-order valence-electron chi connectivity index (χ1n) is 6.74. The molecule has 0 heterocycles. The van der Waals surface area contributed by atoms with Crippen molar-refractivity contribution in [3.63, 3.8) is 0 Å². The molecule has 96 valence electrons. The fourth-order valence-electron chi connectivity index (χ4n) is 1.80. The Kier molecular flexibility index (Phi) is 7.01. The van der Waals surface area contributed by atoms with Gasteiger partial charge in [0.2, 0.25) is 0 Å². The number of nitrogens with two attached hydrogens (primary N) is 1. The van der Waals surface area contributed by atoms with Gasteiger partial charge < -0.3 is 15.4 Å². The van der Waals surface area contributed by atoms with E-state index in [1.54, 1.807) is 0 Å². The highest BCUT2D eigenvalue weighted by molar-refractivity contribution is 4.72. The van der Waals surface area contributed by atoms with Crippen LogP contribution in [0.3, 0.4) is 0 Å². The molecule has 0 amide bonds. The molecule has 1 unspecified atom stereocenters. The summed E-state index contributed by atoms with van der Waals surface area (Å²) in [5.74, 6) is 0.872. The summed E-state index contributed by atoms with van der Waals surface area (Å²) in [5.41, 5.74) is 6.04. The minimum absolute atomic E-state index is 0.327. The molecule has 16 heavy (non-hydrogen) atoms. The van der Waals surface area contributed by atoms with Crippen LogP contribution in [0.5, 0.6) is 0 Å². The lowest BCUT2D eigenvalue weighted by Gasteiger charge is -2.21. The van der Waals surface area contributed by atoms with Gasteiger partial charge in [0.15, 0.2) is 0 Å². The Morgan fingerprint density at radius 1 is 1.44 bits per heavy atom. The van der Waals surface area contributed by atoms with E-state index in [-0.39, 0.29) is 0 Å². The van der Waals surface area contributed by atoms with Gasteiger partial charge >= 0.3 is 0 Å². The van der Waals surface area contributed by atoms with Crippen molar-refractivity contribution in [1.29, 1.82) is 0 Å². The van der Waals surface area contributed by atoms with Crippen LogP contribution in [0.15, 0.2) is 0 Å². The topological polar surface area (TPSA) is 38.5 Å². The summed E-state index contributed by atoms with van der Waals surface area (Å²) in [4.78, 5) is 2.28. The third-order valence-corrected chi connectivity index (χ3v) is 3.14. The van der Waals surface area contributed by atoms with Crippen LogP contribution in [0.1, 0.15) is 39.0 Å². The Morgan fingerprint density at radius 2 is 2.19 bits per heavy atom. The van der Waals surface area contributed by atoms with E-state index in [2.05, 4.69) is 18.9 Å². The molecule has 0 saturated heterocycles. The van der Waals surface area contributed by atoms with Crippen LogP contribution in [-0.2, 0) is 4.74 Å². The zero-order valence-corrected chi connectivity index (χ0v) is 11.0. The summed E-state index contributed by atoms with van der Waals surface area (Å²) in [6.07, 6.45) is 6.37. The van der Waals surface area contributed by atoms with E-state index in [1.165, 1.54) is 25.7 Å². The highest BCUT2D eigenvalue weighted by atomic mass is 16.5. The van der Waals surface area contributed by atoms with Crippen molar-refractivity contribution in [1.82, 2.24) is 4.90 Å². The van der Waals surface area contributed by atoms with E-state index in [9.17, 15) is 0 Å². The highest BCUT2D eigenvalue weighted by Crippen LogP contribution is 2.28. The summed E-state index contributed by atoms with van der Waals surface area (Å²) >= 11 is 0. The summed E-state index contributed by atoms with van der Waals surface area (Å²) in [7, 11) is 2.13. The number of rotatable bonds is 10. The van der Waals surface area contributed by atoms with Gasteiger partial charge in [0.1, 0.15) is 0 Å². The van der Waals surface area contributed by atoms with Crippen molar-refractivity contribution < 1.29 is 4.74 Å². The van der Waals surface area contributed by atoms with Crippen LogP contribution in [0.25, 0.3) is 0 Å². The van der Waals surface area contributed by atoms with Crippen molar-refractivity contribution >= 4 is 0 Å². The first kappa shape index (κ1) is 13.9. The largest absolute Gasteiger partial charge is 0.380 e. The van der Waals surface area contributed by atoms with Gasteiger partial charge in [-0.25, -0.2) is 0 Å². The molecule has 0 spiro atoms. The van der Waals surface area contributed by atoms with Gasteiger partial charge in [0, 0.05) is 25.7 Å². The first-order valence-corrected chi connectivity index (χ1v) is 6.74. The molecule has 1 aliphatic rings. The molecule has 0 aliphatic heterocycles. The quantitative estimate of drug-likeness (QED) is 0.580. The monoisotopic (exact) mass is 228 g/mol. The lowest BCUT2D eigenvalue weighted by atomic mass is 10.1. The number of hydrogen-bond donors (Lipinski definition) is 1. The number of ether oxygens (including phenoxy) is 1. The van der Waals surface area contributed by atoms with Crippen LogP contribution < -0.4 is 5.73 Å². The maximum Gasteiger partial charge on any atom is 0.0593 e. The Balaban J connectivity index is 1.89. The Hall–Kier alpha value is -0.120. The third-order valence-electron chi connectivity index (χ3n) is 3.14. The second-order valence-electron chi connectivity index (χ2n) is 5.18. The molecule has 0 aromatic rings. The van der Waals surface area contributed by atoms with Gasteiger partial charge in [-0.3, -0.25) is 0 Å². The van der Waals surface area contributed by atoms with Gasteiger partial charge in [-0.1, -0.05) is 19.8 Å². The molecule has 1 saturated carbocycles. The number of hydrogen-bond acceptors (Lipinski definition) is 3. The molecule has 3 heteroatoms. The SMILES string of the molecule is CCCCC(N)CN(C)CCOCC1CC1. The molecule has 0 aromatic carbocycles. The fourth-order valence-corrected chi connectivity index (χ4v) is 1.80. The maximum atomic E-state index is 6.04. The van der Waals surface area contributed by atoms with E-state index in [1.807, 2.05) is 0 Å². The Morgan fingerprint density at radius 3 is 2.81 bits per heavy atom. The average Bonchev–Trinajstić information content (AvgIpc) is 3.05. The van der Waals surface area contributed by atoms with Crippen LogP contribution >= 0.6 is 0 Å². The predicted molar refractivity (Wildman–Crippen MR) is 68.5 cm³/mol. The van der Waals surface area contributed by atoms with Crippen molar-refractivity contribution in [2.45, 2.75) is 45.1 Å². The maximum absolute atomic E-state index is 6.04. The van der Waals surface area contributed by atoms with Crippen LogP contribution in [0, 0.1) is 5.92 Å². The summed E-state index contributed by atoms with van der Waals surface area (Å²) in [6, 6.07) is 0.327. The highest BCUT2D eigenvalue weighted by Gasteiger charge is 2.20. The molecule has 2 N–H and O–H groups in total. The number of nitrogens with zero attached hydrogens (tertiary/aromatic N) is 1. The second kappa shape index (κ2) is 8.04. The Bertz CT molecular complexity index is 171. The zero-order chi connectivity index (χ0) is 11.8. The molecule has 0 aromatic heterocycles. The minimum atomic E-state index is 0.327. The van der Waals surface area contributed by atoms with E-state index < -0.39 is 0 Å². The molecule has 1 fully saturated rings. The van der Waals surface area contributed by atoms with E-state index in [0.29, 0.717) is 6.04 Å². The van der Waals surface area contributed by atoms with Crippen molar-refractivity contribution in [3.8, 4) is 0 Å². The molecule has 1 aliphatic carbocycles. The molecule has 0 bridgehead atoms. The number of likely N-dealkylation sites (N-methyl/N-ethyl adjacent to an activating group) is 1. The van der Waals surface area contributed by atoms with Crippen molar-refractivity contribution in [2.24, 2.45) is 11.7 Å². The Labute approximate surface area is 100 Å². The molecule has 3 nitrogen and oxygen atoms in total. The molecular weight excluding hydrogens is 200 g/mol. The average molecular weight is 228 g/mol. The van der Waals surface area contributed by atoms with Crippen molar-refractivity contribution in [3.05, 3.63) is 0 Å². The third kappa shape index (κ3) is 7.20. The molecule has 1 atom stereocenters. The lowest BCUT2D eigenvalue weighted by Crippen LogP contribution is -2.36. The first-order chi connectivity index (χ1) is 7.72. The number of unbranched alkanes of at least 4 members (excludes halogenated alkanes) is 1. The molecular formula is C13H28N2O. The summed E-state index contributed by atoms with van der Waals surface area (Å²) in [6.45, 7) is 6.03. The van der Waals surface area contributed by atoms with Crippen LogP contribution in [0.2, 0.25) is 0 Å².